The molecule has 0 N–H and O–H groups in total. The fourth-order valence-electron chi connectivity index (χ4n) is 2.15. The normalized spacial score (nSPS) is 19.1. The predicted octanol–water partition coefficient (Wildman–Crippen LogP) is 4.04. The topological polar surface area (TPSA) is 27.0 Å². The zero-order valence-electron chi connectivity index (χ0n) is 10.7. The quantitative estimate of drug-likeness (QED) is 0.780. The van der Waals surface area contributed by atoms with Crippen LogP contribution in [0.3, 0.4) is 0 Å². The van der Waals surface area contributed by atoms with Crippen molar-refractivity contribution in [1.29, 1.82) is 5.26 Å². The minimum absolute atomic E-state index is 0.341. The Balaban J connectivity index is 2.27. The molecule has 4 heteroatoms. The number of halogens is 1. The van der Waals surface area contributed by atoms with E-state index in [2.05, 4.69) is 40.7 Å². The molecule has 0 aliphatic carbocycles. The van der Waals surface area contributed by atoms with Gasteiger partial charge in [0.2, 0.25) is 0 Å². The molecule has 0 spiro atoms. The minimum atomic E-state index is 0.341. The van der Waals surface area contributed by atoms with Crippen molar-refractivity contribution >= 4 is 33.4 Å². The molecule has 1 saturated heterocycles. The Kier molecular flexibility index (Phi) is 4.24. The first-order valence-electron chi connectivity index (χ1n) is 6.11. The van der Waals surface area contributed by atoms with Crippen molar-refractivity contribution in [3.63, 3.8) is 0 Å². The summed E-state index contributed by atoms with van der Waals surface area (Å²) in [5, 5.41) is 9.29. The standard InChI is InChI=1S/C14H17BrN2S/c1-14(2)6-7-17(8-9-18-14)13-5-3-4-12(15)11(13)10-16/h3-5H,6-9H2,1-2H3. The molecular weight excluding hydrogens is 308 g/mol. The summed E-state index contributed by atoms with van der Waals surface area (Å²) >= 11 is 5.48. The van der Waals surface area contributed by atoms with Crippen molar-refractivity contribution in [2.75, 3.05) is 23.7 Å². The van der Waals surface area contributed by atoms with Gasteiger partial charge in [0.15, 0.2) is 0 Å². The Morgan fingerprint density at radius 3 is 2.89 bits per heavy atom. The molecule has 0 amide bonds. The van der Waals surface area contributed by atoms with Gasteiger partial charge in [0, 0.05) is 28.1 Å². The molecule has 2 rings (SSSR count). The lowest BCUT2D eigenvalue weighted by molar-refractivity contribution is 0.637. The van der Waals surface area contributed by atoms with Gasteiger partial charge in [0.05, 0.1) is 11.3 Å². The number of anilines is 1. The fourth-order valence-corrected chi connectivity index (χ4v) is 3.69. The van der Waals surface area contributed by atoms with E-state index in [0.29, 0.717) is 4.75 Å². The molecule has 1 aromatic carbocycles. The van der Waals surface area contributed by atoms with Crippen LogP contribution >= 0.6 is 27.7 Å². The third-order valence-electron chi connectivity index (χ3n) is 3.28. The second kappa shape index (κ2) is 5.54. The summed E-state index contributed by atoms with van der Waals surface area (Å²) in [6.45, 7) is 6.63. The van der Waals surface area contributed by atoms with Crippen LogP contribution in [0.5, 0.6) is 0 Å². The average molecular weight is 325 g/mol. The Labute approximate surface area is 121 Å². The number of benzene rings is 1. The zero-order chi connectivity index (χ0) is 13.2. The molecule has 1 fully saturated rings. The smallest absolute Gasteiger partial charge is 0.103 e. The van der Waals surface area contributed by atoms with E-state index < -0.39 is 0 Å². The highest BCUT2D eigenvalue weighted by Gasteiger charge is 2.25. The third kappa shape index (κ3) is 3.02. The molecule has 0 radical (unpaired) electrons. The maximum absolute atomic E-state index is 9.29. The summed E-state index contributed by atoms with van der Waals surface area (Å²) in [5.41, 5.74) is 1.81. The summed E-state index contributed by atoms with van der Waals surface area (Å²) in [6, 6.07) is 8.29. The lowest BCUT2D eigenvalue weighted by Crippen LogP contribution is -2.27. The lowest BCUT2D eigenvalue weighted by Gasteiger charge is -2.25. The van der Waals surface area contributed by atoms with Gasteiger partial charge in [0.1, 0.15) is 6.07 Å². The summed E-state index contributed by atoms with van der Waals surface area (Å²) in [6.07, 6.45) is 1.15. The Morgan fingerprint density at radius 1 is 1.39 bits per heavy atom. The minimum Gasteiger partial charge on any atom is -0.370 e. The van der Waals surface area contributed by atoms with Crippen LogP contribution in [0, 0.1) is 11.3 Å². The van der Waals surface area contributed by atoms with Gasteiger partial charge < -0.3 is 4.90 Å². The molecular formula is C14H17BrN2S. The number of thioether (sulfide) groups is 1. The summed E-state index contributed by atoms with van der Waals surface area (Å²) in [7, 11) is 0. The Morgan fingerprint density at radius 2 is 2.17 bits per heavy atom. The van der Waals surface area contributed by atoms with Crippen LogP contribution in [0.1, 0.15) is 25.8 Å². The van der Waals surface area contributed by atoms with Gasteiger partial charge in [-0.2, -0.15) is 17.0 Å². The number of hydrogen-bond donors (Lipinski definition) is 0. The fraction of sp³-hybridized carbons (Fsp3) is 0.500. The zero-order valence-corrected chi connectivity index (χ0v) is 13.1. The Hall–Kier alpha value is -0.660. The van der Waals surface area contributed by atoms with E-state index in [0.717, 1.165) is 41.0 Å². The number of rotatable bonds is 1. The van der Waals surface area contributed by atoms with E-state index in [4.69, 9.17) is 0 Å². The van der Waals surface area contributed by atoms with Crippen molar-refractivity contribution in [1.82, 2.24) is 0 Å². The molecule has 0 aromatic heterocycles. The second-order valence-corrected chi connectivity index (χ2v) is 7.75. The first-order valence-corrected chi connectivity index (χ1v) is 7.89. The van der Waals surface area contributed by atoms with E-state index >= 15 is 0 Å². The van der Waals surface area contributed by atoms with E-state index in [-0.39, 0.29) is 0 Å². The van der Waals surface area contributed by atoms with Gasteiger partial charge in [-0.15, -0.1) is 0 Å². The van der Waals surface area contributed by atoms with Gasteiger partial charge >= 0.3 is 0 Å². The summed E-state index contributed by atoms with van der Waals surface area (Å²) < 4.78 is 1.23. The van der Waals surface area contributed by atoms with Crippen molar-refractivity contribution in [2.24, 2.45) is 0 Å². The number of nitriles is 1. The van der Waals surface area contributed by atoms with E-state index in [1.54, 1.807) is 0 Å². The van der Waals surface area contributed by atoms with E-state index in [9.17, 15) is 5.26 Å². The van der Waals surface area contributed by atoms with Crippen LogP contribution in [0.25, 0.3) is 0 Å². The number of hydrogen-bond acceptors (Lipinski definition) is 3. The predicted molar refractivity (Wildman–Crippen MR) is 82.2 cm³/mol. The van der Waals surface area contributed by atoms with Crippen molar-refractivity contribution in [3.8, 4) is 6.07 Å². The van der Waals surface area contributed by atoms with Crippen LogP contribution in [-0.2, 0) is 0 Å². The van der Waals surface area contributed by atoms with Crippen LogP contribution in [0.15, 0.2) is 22.7 Å². The molecule has 0 unspecified atom stereocenters. The highest BCUT2D eigenvalue weighted by Crippen LogP contribution is 2.34. The van der Waals surface area contributed by atoms with Crippen molar-refractivity contribution in [2.45, 2.75) is 25.0 Å². The highest BCUT2D eigenvalue weighted by atomic mass is 79.9. The lowest BCUT2D eigenvalue weighted by atomic mass is 10.1. The molecule has 0 saturated carbocycles. The van der Waals surface area contributed by atoms with Crippen LogP contribution in [-0.4, -0.2) is 23.6 Å². The highest BCUT2D eigenvalue weighted by molar-refractivity contribution is 9.10. The van der Waals surface area contributed by atoms with Gasteiger partial charge in [-0.05, 0) is 34.5 Å². The Bertz CT molecular complexity index is 479. The maximum atomic E-state index is 9.29. The maximum Gasteiger partial charge on any atom is 0.103 e. The molecule has 0 atom stereocenters. The van der Waals surface area contributed by atoms with E-state index in [1.165, 1.54) is 0 Å². The first-order chi connectivity index (χ1) is 8.53. The average Bonchev–Trinajstić information content (AvgIpc) is 2.50. The van der Waals surface area contributed by atoms with Crippen LogP contribution in [0.4, 0.5) is 5.69 Å². The van der Waals surface area contributed by atoms with Gasteiger partial charge in [-0.3, -0.25) is 0 Å². The molecule has 1 aliphatic rings. The van der Waals surface area contributed by atoms with Crippen molar-refractivity contribution < 1.29 is 0 Å². The third-order valence-corrected chi connectivity index (χ3v) is 5.32. The van der Waals surface area contributed by atoms with Crippen LogP contribution < -0.4 is 4.90 Å². The van der Waals surface area contributed by atoms with Gasteiger partial charge in [-0.25, -0.2) is 0 Å². The molecule has 1 aliphatic heterocycles. The SMILES string of the molecule is CC1(C)CCN(c2cccc(Br)c2C#N)CCS1. The van der Waals surface area contributed by atoms with E-state index in [1.807, 2.05) is 30.0 Å². The molecule has 18 heavy (non-hydrogen) atoms. The van der Waals surface area contributed by atoms with Gasteiger partial charge in [-0.1, -0.05) is 19.9 Å². The second-order valence-electron chi connectivity index (χ2n) is 5.09. The monoisotopic (exact) mass is 324 g/mol. The number of nitrogens with zero attached hydrogens (tertiary/aromatic N) is 2. The largest absolute Gasteiger partial charge is 0.370 e. The summed E-state index contributed by atoms with van der Waals surface area (Å²) in [4.78, 5) is 2.34. The molecule has 2 nitrogen and oxygen atoms in total. The van der Waals surface area contributed by atoms with Crippen LogP contribution in [0.2, 0.25) is 0 Å². The van der Waals surface area contributed by atoms with Gasteiger partial charge in [0.25, 0.3) is 0 Å². The first kappa shape index (κ1) is 13.8. The molecule has 1 aromatic rings. The van der Waals surface area contributed by atoms with Crippen molar-refractivity contribution in [3.05, 3.63) is 28.2 Å². The summed E-state index contributed by atoms with van der Waals surface area (Å²) in [5.74, 6) is 1.12. The molecule has 96 valence electrons. The molecule has 1 heterocycles. The molecule has 0 bridgehead atoms.